The van der Waals surface area contributed by atoms with E-state index in [1.165, 1.54) is 10.6 Å². The highest BCUT2D eigenvalue weighted by Gasteiger charge is 2.13. The first kappa shape index (κ1) is 13.2. The molecular formula is C14H16BrN3S. The number of piperazine rings is 1. The number of nitrogens with zero attached hydrogens (tertiary/aromatic N) is 2. The summed E-state index contributed by atoms with van der Waals surface area (Å²) in [5, 5.41) is 6.73. The van der Waals surface area contributed by atoms with Crippen LogP contribution in [0.1, 0.15) is 5.01 Å². The minimum atomic E-state index is 0.969. The van der Waals surface area contributed by atoms with Gasteiger partial charge in [0.2, 0.25) is 0 Å². The van der Waals surface area contributed by atoms with Crippen LogP contribution in [0.4, 0.5) is 0 Å². The van der Waals surface area contributed by atoms with E-state index < -0.39 is 0 Å². The smallest absolute Gasteiger partial charge is 0.107 e. The standard InChI is InChI=1S/C14H16BrN3S/c15-12-4-2-1-3-11(12)13-10-19-14(17-13)9-18-7-5-16-6-8-18/h1-4,10,16H,5-9H2. The lowest BCUT2D eigenvalue weighted by atomic mass is 10.2. The van der Waals surface area contributed by atoms with Crippen LogP contribution in [-0.4, -0.2) is 36.1 Å². The van der Waals surface area contributed by atoms with E-state index in [0.29, 0.717) is 0 Å². The maximum Gasteiger partial charge on any atom is 0.107 e. The third kappa shape index (κ3) is 3.23. The zero-order chi connectivity index (χ0) is 13.1. The van der Waals surface area contributed by atoms with Gasteiger partial charge in [-0.2, -0.15) is 0 Å². The van der Waals surface area contributed by atoms with E-state index in [2.05, 4.69) is 49.7 Å². The Morgan fingerprint density at radius 3 is 2.84 bits per heavy atom. The topological polar surface area (TPSA) is 28.2 Å². The van der Waals surface area contributed by atoms with Crippen LogP contribution in [0.5, 0.6) is 0 Å². The lowest BCUT2D eigenvalue weighted by Gasteiger charge is -2.26. The van der Waals surface area contributed by atoms with Crippen LogP contribution in [0.25, 0.3) is 11.3 Å². The first-order chi connectivity index (χ1) is 9.33. The first-order valence-corrected chi connectivity index (χ1v) is 8.12. The van der Waals surface area contributed by atoms with Crippen LogP contribution in [0.3, 0.4) is 0 Å². The molecule has 1 aliphatic rings. The van der Waals surface area contributed by atoms with E-state index >= 15 is 0 Å². The molecule has 0 radical (unpaired) electrons. The van der Waals surface area contributed by atoms with E-state index in [9.17, 15) is 0 Å². The van der Waals surface area contributed by atoms with Crippen LogP contribution in [-0.2, 0) is 6.54 Å². The molecule has 19 heavy (non-hydrogen) atoms. The Kier molecular flexibility index (Phi) is 4.28. The number of rotatable bonds is 3. The van der Waals surface area contributed by atoms with Crippen molar-refractivity contribution in [3.63, 3.8) is 0 Å². The molecule has 1 fully saturated rings. The van der Waals surface area contributed by atoms with Crippen LogP contribution in [0.15, 0.2) is 34.1 Å². The number of hydrogen-bond acceptors (Lipinski definition) is 4. The largest absolute Gasteiger partial charge is 0.314 e. The summed E-state index contributed by atoms with van der Waals surface area (Å²) >= 11 is 5.34. The zero-order valence-corrected chi connectivity index (χ0v) is 13.0. The third-order valence-corrected chi connectivity index (χ3v) is 4.80. The molecule has 1 saturated heterocycles. The summed E-state index contributed by atoms with van der Waals surface area (Å²) in [4.78, 5) is 7.22. The minimum Gasteiger partial charge on any atom is -0.314 e. The fourth-order valence-electron chi connectivity index (χ4n) is 2.24. The lowest BCUT2D eigenvalue weighted by molar-refractivity contribution is 0.233. The highest BCUT2D eigenvalue weighted by atomic mass is 79.9. The third-order valence-electron chi connectivity index (χ3n) is 3.27. The van der Waals surface area contributed by atoms with Crippen LogP contribution >= 0.6 is 27.3 Å². The molecule has 5 heteroatoms. The Bertz CT molecular complexity index is 549. The van der Waals surface area contributed by atoms with Crippen LogP contribution < -0.4 is 5.32 Å². The summed E-state index contributed by atoms with van der Waals surface area (Å²) in [5.74, 6) is 0. The van der Waals surface area contributed by atoms with Gasteiger partial charge in [0, 0.05) is 41.6 Å². The fourth-order valence-corrected chi connectivity index (χ4v) is 3.56. The number of halogens is 1. The molecule has 0 amide bonds. The van der Waals surface area contributed by atoms with Gasteiger partial charge in [0.05, 0.1) is 12.2 Å². The Morgan fingerprint density at radius 2 is 2.05 bits per heavy atom. The highest BCUT2D eigenvalue weighted by Crippen LogP contribution is 2.29. The molecule has 3 nitrogen and oxygen atoms in total. The Morgan fingerprint density at radius 1 is 1.26 bits per heavy atom. The summed E-state index contributed by atoms with van der Waals surface area (Å²) < 4.78 is 1.11. The van der Waals surface area contributed by atoms with Crippen molar-refractivity contribution in [3.8, 4) is 11.3 Å². The molecule has 100 valence electrons. The van der Waals surface area contributed by atoms with Crippen LogP contribution in [0, 0.1) is 0 Å². The molecule has 2 heterocycles. The predicted molar refractivity (Wildman–Crippen MR) is 83.4 cm³/mol. The van der Waals surface area contributed by atoms with Crippen molar-refractivity contribution in [1.29, 1.82) is 0 Å². The molecule has 1 aliphatic heterocycles. The minimum absolute atomic E-state index is 0.969. The van der Waals surface area contributed by atoms with Gasteiger partial charge in [-0.3, -0.25) is 4.90 Å². The molecule has 0 spiro atoms. The Hall–Kier alpha value is -0.750. The number of aromatic nitrogens is 1. The average Bonchev–Trinajstić information content (AvgIpc) is 2.89. The number of benzene rings is 1. The van der Waals surface area contributed by atoms with Gasteiger partial charge in [-0.25, -0.2) is 4.98 Å². The summed E-state index contributed by atoms with van der Waals surface area (Å²) in [6.07, 6.45) is 0. The van der Waals surface area contributed by atoms with Gasteiger partial charge in [-0.1, -0.05) is 34.1 Å². The van der Waals surface area contributed by atoms with Gasteiger partial charge in [0.15, 0.2) is 0 Å². The van der Waals surface area contributed by atoms with E-state index in [0.717, 1.165) is 42.9 Å². The normalized spacial score (nSPS) is 16.7. The number of hydrogen-bond donors (Lipinski definition) is 1. The number of nitrogens with one attached hydrogen (secondary N) is 1. The van der Waals surface area contributed by atoms with Crippen molar-refractivity contribution in [2.45, 2.75) is 6.54 Å². The van der Waals surface area contributed by atoms with E-state index in [4.69, 9.17) is 4.98 Å². The van der Waals surface area contributed by atoms with Gasteiger partial charge in [0.25, 0.3) is 0 Å². The molecule has 1 aromatic heterocycles. The van der Waals surface area contributed by atoms with E-state index in [1.54, 1.807) is 11.3 Å². The van der Waals surface area contributed by atoms with Gasteiger partial charge < -0.3 is 5.32 Å². The first-order valence-electron chi connectivity index (χ1n) is 6.45. The molecule has 0 atom stereocenters. The predicted octanol–water partition coefficient (Wildman–Crippen LogP) is 2.98. The van der Waals surface area contributed by atoms with Crippen molar-refractivity contribution >= 4 is 27.3 Å². The Balaban J connectivity index is 1.74. The quantitative estimate of drug-likeness (QED) is 0.933. The second-order valence-electron chi connectivity index (χ2n) is 4.63. The second kappa shape index (κ2) is 6.13. The molecular weight excluding hydrogens is 322 g/mol. The van der Waals surface area contributed by atoms with Gasteiger partial charge in [-0.05, 0) is 6.07 Å². The number of thiazole rings is 1. The molecule has 1 N–H and O–H groups in total. The SMILES string of the molecule is Brc1ccccc1-c1csc(CN2CCNCC2)n1. The van der Waals surface area contributed by atoms with Crippen molar-refractivity contribution in [2.24, 2.45) is 0 Å². The zero-order valence-electron chi connectivity index (χ0n) is 10.6. The van der Waals surface area contributed by atoms with E-state index in [-0.39, 0.29) is 0 Å². The molecule has 0 aliphatic carbocycles. The molecule has 2 aromatic rings. The van der Waals surface area contributed by atoms with Crippen molar-refractivity contribution < 1.29 is 0 Å². The van der Waals surface area contributed by atoms with Crippen molar-refractivity contribution in [3.05, 3.63) is 39.1 Å². The molecule has 0 unspecified atom stereocenters. The monoisotopic (exact) mass is 337 g/mol. The maximum atomic E-state index is 4.76. The molecule has 3 rings (SSSR count). The average molecular weight is 338 g/mol. The fraction of sp³-hybridized carbons (Fsp3) is 0.357. The van der Waals surface area contributed by atoms with Crippen LogP contribution in [0.2, 0.25) is 0 Å². The second-order valence-corrected chi connectivity index (χ2v) is 6.43. The molecule has 0 bridgehead atoms. The van der Waals surface area contributed by atoms with Gasteiger partial charge in [0.1, 0.15) is 5.01 Å². The molecule has 1 aromatic carbocycles. The van der Waals surface area contributed by atoms with Crippen molar-refractivity contribution in [2.75, 3.05) is 26.2 Å². The van der Waals surface area contributed by atoms with Gasteiger partial charge >= 0.3 is 0 Å². The van der Waals surface area contributed by atoms with Crippen molar-refractivity contribution in [1.82, 2.24) is 15.2 Å². The lowest BCUT2D eigenvalue weighted by Crippen LogP contribution is -2.42. The summed E-state index contributed by atoms with van der Waals surface area (Å²) in [6.45, 7) is 5.37. The van der Waals surface area contributed by atoms with Gasteiger partial charge in [-0.15, -0.1) is 11.3 Å². The Labute approximate surface area is 125 Å². The maximum absolute atomic E-state index is 4.76. The summed E-state index contributed by atoms with van der Waals surface area (Å²) in [5.41, 5.74) is 2.24. The van der Waals surface area contributed by atoms with E-state index in [1.807, 2.05) is 6.07 Å². The summed E-state index contributed by atoms with van der Waals surface area (Å²) in [7, 11) is 0. The molecule has 0 saturated carbocycles. The summed E-state index contributed by atoms with van der Waals surface area (Å²) in [6, 6.07) is 8.25. The highest BCUT2D eigenvalue weighted by molar-refractivity contribution is 9.10.